The molecule has 0 aliphatic heterocycles. The Morgan fingerprint density at radius 3 is 2.84 bits per heavy atom. The molecule has 0 bridgehead atoms. The fraction of sp³-hybridized carbons (Fsp3) is 0.111. The van der Waals surface area contributed by atoms with Crippen LogP contribution in [0.3, 0.4) is 0 Å². The van der Waals surface area contributed by atoms with Crippen LogP contribution in [0.1, 0.15) is 16.2 Å². The van der Waals surface area contributed by atoms with Crippen LogP contribution >= 0.6 is 11.3 Å². The Hall–Kier alpha value is -3.06. The van der Waals surface area contributed by atoms with Crippen LogP contribution in [-0.4, -0.2) is 25.4 Å². The Kier molecular flexibility index (Phi) is 3.58. The zero-order valence-electron chi connectivity index (χ0n) is 13.7. The van der Waals surface area contributed by atoms with Gasteiger partial charge in [-0.2, -0.15) is 0 Å². The minimum Gasteiger partial charge on any atom is -0.364 e. The lowest BCUT2D eigenvalue weighted by atomic mass is 10.1. The lowest BCUT2D eigenvalue weighted by molar-refractivity contribution is 0.0996. The number of rotatable bonds is 3. The van der Waals surface area contributed by atoms with Gasteiger partial charge in [0.05, 0.1) is 21.8 Å². The number of carbonyl (C=O) groups is 1. The number of aromatic nitrogens is 4. The second-order valence-corrected chi connectivity index (χ2v) is 6.75. The van der Waals surface area contributed by atoms with Crippen molar-refractivity contribution in [2.75, 3.05) is 0 Å². The minimum absolute atomic E-state index is 0.250. The molecule has 4 aromatic rings. The second-order valence-electron chi connectivity index (χ2n) is 5.76. The first-order valence-corrected chi connectivity index (χ1v) is 8.50. The molecule has 4 aromatic heterocycles. The summed E-state index contributed by atoms with van der Waals surface area (Å²) in [6.07, 6.45) is 5.46. The van der Waals surface area contributed by atoms with E-state index in [1.54, 1.807) is 18.5 Å². The van der Waals surface area contributed by atoms with E-state index in [0.29, 0.717) is 0 Å². The van der Waals surface area contributed by atoms with E-state index < -0.39 is 5.91 Å². The topological polar surface area (TPSA) is 86.7 Å². The van der Waals surface area contributed by atoms with Gasteiger partial charge in [-0.3, -0.25) is 9.78 Å². The number of nitrogens with zero attached hydrogens (tertiary/aromatic N) is 4. The van der Waals surface area contributed by atoms with Crippen molar-refractivity contribution in [1.82, 2.24) is 19.5 Å². The largest absolute Gasteiger partial charge is 0.364 e. The van der Waals surface area contributed by atoms with Crippen molar-refractivity contribution in [2.45, 2.75) is 6.92 Å². The molecular weight excluding hydrogens is 334 g/mol. The van der Waals surface area contributed by atoms with Crippen LogP contribution in [0.25, 0.3) is 32.0 Å². The molecule has 0 radical (unpaired) electrons. The Balaban J connectivity index is 1.96. The average molecular weight is 349 g/mol. The Labute approximate surface area is 148 Å². The second kappa shape index (κ2) is 5.78. The van der Waals surface area contributed by atoms with Crippen molar-refractivity contribution in [3.63, 3.8) is 0 Å². The van der Waals surface area contributed by atoms with E-state index in [4.69, 9.17) is 5.73 Å². The Morgan fingerprint density at radius 1 is 1.28 bits per heavy atom. The number of thiazole rings is 1. The molecule has 1 amide bonds. The molecule has 0 unspecified atom stereocenters. The highest BCUT2D eigenvalue weighted by Crippen LogP contribution is 2.37. The molecule has 4 rings (SSSR count). The molecule has 0 atom stereocenters. The first-order valence-electron chi connectivity index (χ1n) is 7.68. The van der Waals surface area contributed by atoms with E-state index in [2.05, 4.69) is 15.0 Å². The average Bonchev–Trinajstić information content (AvgIpc) is 3.18. The first kappa shape index (κ1) is 15.5. The highest BCUT2D eigenvalue weighted by Gasteiger charge is 2.18. The summed E-state index contributed by atoms with van der Waals surface area (Å²) in [5, 5.41) is 1.84. The summed E-state index contributed by atoms with van der Waals surface area (Å²) in [7, 11) is 1.93. The smallest absolute Gasteiger partial charge is 0.267 e. The summed E-state index contributed by atoms with van der Waals surface area (Å²) in [5.74, 6) is -0.543. The maximum Gasteiger partial charge on any atom is 0.267 e. The van der Waals surface area contributed by atoms with Gasteiger partial charge in [-0.15, -0.1) is 11.3 Å². The van der Waals surface area contributed by atoms with Crippen LogP contribution in [0.4, 0.5) is 0 Å². The number of carbonyl (C=O) groups excluding carboxylic acids is 1. The summed E-state index contributed by atoms with van der Waals surface area (Å²) in [6.45, 7) is 1.94. The molecule has 4 heterocycles. The van der Waals surface area contributed by atoms with Gasteiger partial charge in [-0.25, -0.2) is 9.97 Å². The van der Waals surface area contributed by atoms with Crippen LogP contribution in [0.2, 0.25) is 0 Å². The van der Waals surface area contributed by atoms with E-state index in [1.165, 1.54) is 11.3 Å². The summed E-state index contributed by atoms with van der Waals surface area (Å²) in [5.41, 5.74) is 9.19. The van der Waals surface area contributed by atoms with Gasteiger partial charge in [0.15, 0.2) is 0 Å². The van der Waals surface area contributed by atoms with E-state index >= 15 is 0 Å². The summed E-state index contributed by atoms with van der Waals surface area (Å²) in [6, 6.07) is 7.57. The molecule has 7 heteroatoms. The number of hydrogen-bond acceptors (Lipinski definition) is 5. The molecule has 2 N–H and O–H groups in total. The number of hydrogen-bond donors (Lipinski definition) is 1. The minimum atomic E-state index is -0.543. The molecule has 0 fully saturated rings. The molecule has 6 nitrogen and oxygen atoms in total. The summed E-state index contributed by atoms with van der Waals surface area (Å²) >= 11 is 1.54. The third kappa shape index (κ3) is 2.58. The lowest BCUT2D eigenvalue weighted by Crippen LogP contribution is -2.13. The van der Waals surface area contributed by atoms with Crippen molar-refractivity contribution < 1.29 is 4.79 Å². The van der Waals surface area contributed by atoms with Crippen molar-refractivity contribution in [1.29, 1.82) is 0 Å². The number of primary amides is 1. The van der Waals surface area contributed by atoms with Crippen LogP contribution in [-0.2, 0) is 7.05 Å². The molecule has 0 aromatic carbocycles. The summed E-state index contributed by atoms with van der Waals surface area (Å²) in [4.78, 5) is 26.0. The van der Waals surface area contributed by atoms with Crippen molar-refractivity contribution in [2.24, 2.45) is 12.8 Å². The van der Waals surface area contributed by atoms with Crippen LogP contribution in [0, 0.1) is 6.92 Å². The van der Waals surface area contributed by atoms with Gasteiger partial charge in [0.25, 0.3) is 5.91 Å². The maximum absolute atomic E-state index is 11.7. The molecule has 0 spiro atoms. The van der Waals surface area contributed by atoms with E-state index in [9.17, 15) is 4.79 Å². The number of aryl methyl sites for hydroxylation is 2. The van der Waals surface area contributed by atoms with Gasteiger partial charge < -0.3 is 10.3 Å². The first-order chi connectivity index (χ1) is 12.0. The maximum atomic E-state index is 11.7. The van der Waals surface area contributed by atoms with Gasteiger partial charge in [0.1, 0.15) is 10.7 Å². The SMILES string of the molecule is Cc1nc(-c2cccnc2)sc1-c1nc(C(N)=O)cc2c1ccn2C. The molecule has 0 aliphatic carbocycles. The summed E-state index contributed by atoms with van der Waals surface area (Å²) < 4.78 is 1.95. The van der Waals surface area contributed by atoms with Gasteiger partial charge in [-0.1, -0.05) is 0 Å². The molecule has 25 heavy (non-hydrogen) atoms. The van der Waals surface area contributed by atoms with Gasteiger partial charge in [0, 0.05) is 36.6 Å². The van der Waals surface area contributed by atoms with Crippen LogP contribution in [0.5, 0.6) is 0 Å². The highest BCUT2D eigenvalue weighted by atomic mass is 32.1. The third-order valence-corrected chi connectivity index (χ3v) is 5.27. The Morgan fingerprint density at radius 2 is 2.12 bits per heavy atom. The molecule has 0 saturated carbocycles. The van der Waals surface area contributed by atoms with Crippen LogP contribution < -0.4 is 5.73 Å². The predicted octanol–water partition coefficient (Wildman–Crippen LogP) is 3.17. The fourth-order valence-electron chi connectivity index (χ4n) is 2.79. The Bertz CT molecular complexity index is 1100. The molecule has 124 valence electrons. The quantitative estimate of drug-likeness (QED) is 0.615. The van der Waals surface area contributed by atoms with E-state index in [1.807, 2.05) is 42.9 Å². The van der Waals surface area contributed by atoms with Crippen LogP contribution in [0.15, 0.2) is 42.9 Å². The number of nitrogens with two attached hydrogens (primary N) is 1. The monoisotopic (exact) mass is 349 g/mol. The predicted molar refractivity (Wildman–Crippen MR) is 98.3 cm³/mol. The third-order valence-electron chi connectivity index (χ3n) is 4.05. The molecule has 0 saturated heterocycles. The zero-order valence-corrected chi connectivity index (χ0v) is 14.5. The van der Waals surface area contributed by atoms with Crippen molar-refractivity contribution >= 4 is 28.1 Å². The molecular formula is C18H15N5OS. The van der Waals surface area contributed by atoms with Gasteiger partial charge in [0.2, 0.25) is 0 Å². The fourth-order valence-corrected chi connectivity index (χ4v) is 3.85. The number of fused-ring (bicyclic) bond motifs is 1. The van der Waals surface area contributed by atoms with Crippen molar-refractivity contribution in [3.8, 4) is 21.1 Å². The normalized spacial score (nSPS) is 11.1. The van der Waals surface area contributed by atoms with Gasteiger partial charge >= 0.3 is 0 Å². The zero-order chi connectivity index (χ0) is 17.6. The van der Waals surface area contributed by atoms with E-state index in [-0.39, 0.29) is 5.69 Å². The number of amides is 1. The van der Waals surface area contributed by atoms with E-state index in [0.717, 1.165) is 37.7 Å². The van der Waals surface area contributed by atoms with Gasteiger partial charge in [-0.05, 0) is 31.2 Å². The van der Waals surface area contributed by atoms with Crippen molar-refractivity contribution in [3.05, 3.63) is 54.2 Å². The lowest BCUT2D eigenvalue weighted by Gasteiger charge is -2.05. The molecule has 0 aliphatic rings. The highest BCUT2D eigenvalue weighted by molar-refractivity contribution is 7.18. The number of pyridine rings is 2. The standard InChI is InChI=1S/C18H15N5OS/c1-10-16(25-18(21-10)11-4-3-6-20-9-11)15-12-5-7-23(2)14(12)8-13(22-15)17(19)24/h3-9H,1-2H3,(H2,19,24).